The lowest BCUT2D eigenvalue weighted by Crippen LogP contribution is -2.28. The van der Waals surface area contributed by atoms with Gasteiger partial charge in [-0.05, 0) is 41.2 Å². The maximum absolute atomic E-state index is 11.2. The fraction of sp³-hybridized carbons (Fsp3) is 0.462. The molecule has 2 N–H and O–H groups in total. The van der Waals surface area contributed by atoms with E-state index >= 15 is 0 Å². The quantitative estimate of drug-likeness (QED) is 0.812. The zero-order valence-corrected chi connectivity index (χ0v) is 12.3. The maximum atomic E-state index is 11.2. The second-order valence-corrected chi connectivity index (χ2v) is 4.78. The van der Waals surface area contributed by atoms with Gasteiger partial charge in [-0.2, -0.15) is 0 Å². The van der Waals surface area contributed by atoms with Gasteiger partial charge in [0.05, 0.1) is 5.56 Å². The van der Waals surface area contributed by atoms with Gasteiger partial charge in [0, 0.05) is 23.2 Å². The average Bonchev–Trinajstić information content (AvgIpc) is 2.34. The van der Waals surface area contributed by atoms with Crippen LogP contribution in [0.15, 0.2) is 22.7 Å². The van der Waals surface area contributed by atoms with E-state index in [1.807, 2.05) is 6.07 Å². The summed E-state index contributed by atoms with van der Waals surface area (Å²) in [4.78, 5) is 13.5. The highest BCUT2D eigenvalue weighted by Crippen LogP contribution is 2.24. The molecule has 0 heterocycles. The summed E-state index contributed by atoms with van der Waals surface area (Å²) in [5.74, 6) is -0.923. The molecule has 0 saturated heterocycles. The number of carbonyl (C=O) groups is 1. The molecule has 0 unspecified atom stereocenters. The molecule has 18 heavy (non-hydrogen) atoms. The Balaban J connectivity index is 2.67. The van der Waals surface area contributed by atoms with Gasteiger partial charge in [-0.25, -0.2) is 4.79 Å². The number of hydrogen-bond donors (Lipinski definition) is 2. The van der Waals surface area contributed by atoms with Gasteiger partial charge in [-0.15, -0.1) is 0 Å². The van der Waals surface area contributed by atoms with Gasteiger partial charge in [0.1, 0.15) is 0 Å². The van der Waals surface area contributed by atoms with Gasteiger partial charge >= 0.3 is 5.97 Å². The molecule has 0 bridgehead atoms. The van der Waals surface area contributed by atoms with E-state index in [-0.39, 0.29) is 5.56 Å². The Morgan fingerprint density at radius 1 is 1.39 bits per heavy atom. The summed E-state index contributed by atoms with van der Waals surface area (Å²) in [6.45, 7) is 7.87. The molecule has 100 valence electrons. The van der Waals surface area contributed by atoms with Crippen LogP contribution in [0.2, 0.25) is 0 Å². The van der Waals surface area contributed by atoms with Crippen molar-refractivity contribution >= 4 is 27.6 Å². The van der Waals surface area contributed by atoms with E-state index in [2.05, 4.69) is 40.0 Å². The number of carboxylic acids is 1. The van der Waals surface area contributed by atoms with Gasteiger partial charge in [-0.3, -0.25) is 0 Å². The molecule has 0 radical (unpaired) electrons. The summed E-state index contributed by atoms with van der Waals surface area (Å²) < 4.78 is 0.600. The molecule has 0 spiro atoms. The van der Waals surface area contributed by atoms with E-state index in [1.165, 1.54) is 0 Å². The van der Waals surface area contributed by atoms with Crippen molar-refractivity contribution in [3.8, 4) is 0 Å². The number of hydrogen-bond acceptors (Lipinski definition) is 3. The SMILES string of the molecule is CCN(CC)CCNc1cccc(Br)c1C(=O)O. The highest BCUT2D eigenvalue weighted by molar-refractivity contribution is 9.10. The third-order valence-electron chi connectivity index (χ3n) is 2.87. The first-order valence-electron chi connectivity index (χ1n) is 6.08. The highest BCUT2D eigenvalue weighted by atomic mass is 79.9. The second kappa shape index (κ2) is 7.38. The lowest BCUT2D eigenvalue weighted by molar-refractivity contribution is 0.0697. The molecule has 0 atom stereocenters. The predicted octanol–water partition coefficient (Wildman–Crippen LogP) is 2.90. The molecule has 1 rings (SSSR count). The normalized spacial score (nSPS) is 10.7. The molecule has 0 fully saturated rings. The van der Waals surface area contributed by atoms with E-state index in [9.17, 15) is 4.79 Å². The van der Waals surface area contributed by atoms with Crippen molar-refractivity contribution in [2.75, 3.05) is 31.5 Å². The van der Waals surface area contributed by atoms with Crippen LogP contribution in [0.3, 0.4) is 0 Å². The average molecular weight is 315 g/mol. The Hall–Kier alpha value is -1.07. The van der Waals surface area contributed by atoms with Crippen molar-refractivity contribution in [1.29, 1.82) is 0 Å². The number of nitrogens with zero attached hydrogens (tertiary/aromatic N) is 1. The molecule has 1 aromatic rings. The van der Waals surface area contributed by atoms with Gasteiger partial charge in [0.2, 0.25) is 0 Å². The monoisotopic (exact) mass is 314 g/mol. The van der Waals surface area contributed by atoms with E-state index in [1.54, 1.807) is 12.1 Å². The summed E-state index contributed by atoms with van der Waals surface area (Å²) in [5.41, 5.74) is 0.945. The van der Waals surface area contributed by atoms with Crippen LogP contribution in [0.1, 0.15) is 24.2 Å². The molecular weight excluding hydrogens is 296 g/mol. The molecule has 0 amide bonds. The zero-order valence-electron chi connectivity index (χ0n) is 10.7. The summed E-state index contributed by atoms with van der Waals surface area (Å²) in [6.07, 6.45) is 0. The van der Waals surface area contributed by atoms with Crippen LogP contribution in [-0.2, 0) is 0 Å². The number of rotatable bonds is 7. The maximum Gasteiger partial charge on any atom is 0.338 e. The lowest BCUT2D eigenvalue weighted by Gasteiger charge is -2.19. The van der Waals surface area contributed by atoms with Crippen molar-refractivity contribution in [3.05, 3.63) is 28.2 Å². The predicted molar refractivity (Wildman–Crippen MR) is 77.4 cm³/mol. The number of halogens is 1. The molecule has 0 aliphatic rings. The Labute approximate surface area is 116 Å². The number of nitrogens with one attached hydrogen (secondary N) is 1. The summed E-state index contributed by atoms with van der Waals surface area (Å²) >= 11 is 3.26. The molecule has 0 saturated carbocycles. The Kier molecular flexibility index (Phi) is 6.15. The van der Waals surface area contributed by atoms with Crippen LogP contribution in [0.25, 0.3) is 0 Å². The molecule has 5 heteroatoms. The highest BCUT2D eigenvalue weighted by Gasteiger charge is 2.13. The van der Waals surface area contributed by atoms with Crippen LogP contribution < -0.4 is 5.32 Å². The van der Waals surface area contributed by atoms with Crippen molar-refractivity contribution in [1.82, 2.24) is 4.90 Å². The first-order valence-corrected chi connectivity index (χ1v) is 6.87. The molecular formula is C13H19BrN2O2. The minimum Gasteiger partial charge on any atom is -0.478 e. The standard InChI is InChI=1S/C13H19BrN2O2/c1-3-16(4-2)9-8-15-11-7-5-6-10(14)12(11)13(17)18/h5-7,15H,3-4,8-9H2,1-2H3,(H,17,18). The van der Waals surface area contributed by atoms with E-state index in [0.29, 0.717) is 10.2 Å². The van der Waals surface area contributed by atoms with E-state index < -0.39 is 5.97 Å². The molecule has 1 aromatic carbocycles. The fourth-order valence-corrected chi connectivity index (χ4v) is 2.31. The van der Waals surface area contributed by atoms with Gasteiger partial charge in [0.15, 0.2) is 0 Å². The van der Waals surface area contributed by atoms with Crippen LogP contribution in [-0.4, -0.2) is 42.2 Å². The first kappa shape index (κ1) is 15.0. The molecule has 0 aliphatic heterocycles. The van der Waals surface area contributed by atoms with Crippen LogP contribution in [0, 0.1) is 0 Å². The molecule has 0 aliphatic carbocycles. The smallest absolute Gasteiger partial charge is 0.338 e. The topological polar surface area (TPSA) is 52.6 Å². The number of carboxylic acid groups (broad SMARTS) is 1. The van der Waals surface area contributed by atoms with Gasteiger partial charge in [-0.1, -0.05) is 19.9 Å². The largest absolute Gasteiger partial charge is 0.478 e. The van der Waals surface area contributed by atoms with Gasteiger partial charge < -0.3 is 15.3 Å². The van der Waals surface area contributed by atoms with Crippen molar-refractivity contribution in [2.45, 2.75) is 13.8 Å². The minimum atomic E-state index is -0.923. The summed E-state index contributed by atoms with van der Waals surface area (Å²) in [7, 11) is 0. The molecule has 4 nitrogen and oxygen atoms in total. The third-order valence-corrected chi connectivity index (χ3v) is 3.53. The fourth-order valence-electron chi connectivity index (χ4n) is 1.78. The van der Waals surface area contributed by atoms with Crippen molar-refractivity contribution < 1.29 is 9.90 Å². The van der Waals surface area contributed by atoms with Gasteiger partial charge in [0.25, 0.3) is 0 Å². The van der Waals surface area contributed by atoms with Crippen LogP contribution >= 0.6 is 15.9 Å². The number of aromatic carboxylic acids is 1. The summed E-state index contributed by atoms with van der Waals surface area (Å²) in [5, 5.41) is 12.3. The summed E-state index contributed by atoms with van der Waals surface area (Å²) in [6, 6.07) is 5.35. The number of benzene rings is 1. The Bertz CT molecular complexity index is 406. The minimum absolute atomic E-state index is 0.289. The third kappa shape index (κ3) is 3.99. The van der Waals surface area contributed by atoms with E-state index in [0.717, 1.165) is 26.2 Å². The van der Waals surface area contributed by atoms with Crippen LogP contribution in [0.4, 0.5) is 5.69 Å². The molecule has 0 aromatic heterocycles. The number of anilines is 1. The lowest BCUT2D eigenvalue weighted by atomic mass is 10.2. The Morgan fingerprint density at radius 2 is 2.06 bits per heavy atom. The second-order valence-electron chi connectivity index (χ2n) is 3.92. The van der Waals surface area contributed by atoms with Crippen LogP contribution in [0.5, 0.6) is 0 Å². The van der Waals surface area contributed by atoms with Crippen molar-refractivity contribution in [3.63, 3.8) is 0 Å². The zero-order chi connectivity index (χ0) is 13.5. The number of likely N-dealkylation sites (N-methyl/N-ethyl adjacent to an activating group) is 1. The van der Waals surface area contributed by atoms with E-state index in [4.69, 9.17) is 5.11 Å². The first-order chi connectivity index (χ1) is 8.60. The Morgan fingerprint density at radius 3 is 2.61 bits per heavy atom. The van der Waals surface area contributed by atoms with Crippen molar-refractivity contribution in [2.24, 2.45) is 0 Å².